The molecule has 0 aromatic heterocycles. The highest BCUT2D eigenvalue weighted by atomic mass is 79.9. The topological polar surface area (TPSA) is 63.4 Å². The summed E-state index contributed by atoms with van der Waals surface area (Å²) in [4.78, 5) is 0.350. The van der Waals surface area contributed by atoms with Gasteiger partial charge in [0.1, 0.15) is 0 Å². The Hall–Kier alpha value is -0.430. The fourth-order valence-electron chi connectivity index (χ4n) is 3.17. The van der Waals surface area contributed by atoms with Crippen molar-refractivity contribution in [3.63, 3.8) is 0 Å². The molecule has 0 amide bonds. The SMILES string of the molecule is NCc1ccc(Br)c(S(=O)(=O)N2CC3CCC2C3)c1. The zero-order valence-electron chi connectivity index (χ0n) is 10.5. The molecule has 2 aliphatic rings. The normalized spacial score (nSPS) is 27.1. The van der Waals surface area contributed by atoms with Crippen LogP contribution < -0.4 is 5.73 Å². The molecule has 19 heavy (non-hydrogen) atoms. The van der Waals surface area contributed by atoms with Gasteiger partial charge in [-0.3, -0.25) is 0 Å². The van der Waals surface area contributed by atoms with E-state index in [0.29, 0.717) is 28.4 Å². The summed E-state index contributed by atoms with van der Waals surface area (Å²) in [7, 11) is -3.40. The lowest BCUT2D eigenvalue weighted by atomic mass is 10.1. The Kier molecular flexibility index (Phi) is 3.45. The van der Waals surface area contributed by atoms with Crippen LogP contribution in [0, 0.1) is 5.92 Å². The highest BCUT2D eigenvalue weighted by Gasteiger charge is 2.44. The van der Waals surface area contributed by atoms with E-state index in [9.17, 15) is 8.42 Å². The maximum absolute atomic E-state index is 12.8. The molecule has 4 nitrogen and oxygen atoms in total. The number of piperidine rings is 1. The van der Waals surface area contributed by atoms with Crippen LogP contribution in [0.2, 0.25) is 0 Å². The van der Waals surface area contributed by atoms with E-state index in [4.69, 9.17) is 5.73 Å². The lowest BCUT2D eigenvalue weighted by Crippen LogP contribution is -2.37. The van der Waals surface area contributed by atoms with Gasteiger partial charge >= 0.3 is 0 Å². The Bertz CT molecular complexity index is 603. The molecule has 0 spiro atoms. The van der Waals surface area contributed by atoms with Gasteiger partial charge in [0.05, 0.1) is 4.90 Å². The summed E-state index contributed by atoms with van der Waals surface area (Å²) in [5, 5.41) is 0. The average molecular weight is 345 g/mol. The Balaban J connectivity index is 2.00. The molecule has 1 heterocycles. The molecule has 1 aromatic rings. The molecule has 6 heteroatoms. The molecule has 1 saturated carbocycles. The number of benzene rings is 1. The predicted octanol–water partition coefficient (Wildman–Crippen LogP) is 2.08. The van der Waals surface area contributed by atoms with Crippen LogP contribution in [-0.2, 0) is 16.6 Å². The fourth-order valence-corrected chi connectivity index (χ4v) is 5.89. The summed E-state index contributed by atoms with van der Waals surface area (Å²) in [6.07, 6.45) is 3.19. The number of nitrogens with two attached hydrogens (primary N) is 1. The van der Waals surface area contributed by atoms with Crippen molar-refractivity contribution in [1.29, 1.82) is 0 Å². The minimum Gasteiger partial charge on any atom is -0.326 e. The van der Waals surface area contributed by atoms with Gasteiger partial charge in [-0.05, 0) is 58.8 Å². The summed E-state index contributed by atoms with van der Waals surface area (Å²) in [6, 6.07) is 5.50. The molecule has 2 N–H and O–H groups in total. The first-order valence-corrected chi connectivity index (χ1v) is 8.76. The quantitative estimate of drug-likeness (QED) is 0.912. The third-order valence-corrected chi connectivity index (χ3v) is 7.09. The lowest BCUT2D eigenvalue weighted by Gasteiger charge is -2.26. The second kappa shape index (κ2) is 4.84. The third-order valence-electron chi connectivity index (χ3n) is 4.18. The number of sulfonamides is 1. The van der Waals surface area contributed by atoms with E-state index in [1.54, 1.807) is 16.4 Å². The van der Waals surface area contributed by atoms with Crippen LogP contribution in [0.3, 0.4) is 0 Å². The van der Waals surface area contributed by atoms with Crippen molar-refractivity contribution in [3.05, 3.63) is 28.2 Å². The van der Waals surface area contributed by atoms with Crippen molar-refractivity contribution in [1.82, 2.24) is 4.31 Å². The van der Waals surface area contributed by atoms with E-state index in [2.05, 4.69) is 15.9 Å². The van der Waals surface area contributed by atoms with Gasteiger partial charge in [0.25, 0.3) is 0 Å². The standard InChI is InChI=1S/C13H17BrN2O2S/c14-12-4-2-9(7-15)6-13(12)19(17,18)16-8-10-1-3-11(16)5-10/h2,4,6,10-11H,1,3,5,7-8,15H2. The van der Waals surface area contributed by atoms with Crippen LogP contribution in [0.4, 0.5) is 0 Å². The van der Waals surface area contributed by atoms with Crippen LogP contribution >= 0.6 is 15.9 Å². The zero-order chi connectivity index (χ0) is 13.6. The third kappa shape index (κ3) is 2.24. The first-order valence-electron chi connectivity index (χ1n) is 6.52. The average Bonchev–Trinajstić information content (AvgIpc) is 3.01. The van der Waals surface area contributed by atoms with Crippen LogP contribution in [-0.4, -0.2) is 25.3 Å². The van der Waals surface area contributed by atoms with E-state index >= 15 is 0 Å². The van der Waals surface area contributed by atoms with Gasteiger partial charge in [-0.25, -0.2) is 8.42 Å². The molecule has 2 bridgehead atoms. The maximum atomic E-state index is 12.8. The van der Waals surface area contributed by atoms with Gasteiger partial charge < -0.3 is 5.73 Å². The summed E-state index contributed by atoms with van der Waals surface area (Å²) in [5.74, 6) is 0.552. The van der Waals surface area contributed by atoms with Gasteiger partial charge in [0.2, 0.25) is 10.0 Å². The number of halogens is 1. The first kappa shape index (κ1) is 13.5. The van der Waals surface area contributed by atoms with Gasteiger partial charge in [0, 0.05) is 23.6 Å². The van der Waals surface area contributed by atoms with Gasteiger partial charge in [-0.2, -0.15) is 4.31 Å². The smallest absolute Gasteiger partial charge is 0.244 e. The van der Waals surface area contributed by atoms with Gasteiger partial charge in [0.15, 0.2) is 0 Å². The van der Waals surface area contributed by atoms with Crippen molar-refractivity contribution < 1.29 is 8.42 Å². The van der Waals surface area contributed by atoms with Crippen molar-refractivity contribution in [2.24, 2.45) is 11.7 Å². The Labute approximate surface area is 122 Å². The van der Waals surface area contributed by atoms with Crippen molar-refractivity contribution in [2.75, 3.05) is 6.54 Å². The maximum Gasteiger partial charge on any atom is 0.244 e. The predicted molar refractivity (Wildman–Crippen MR) is 77.1 cm³/mol. The van der Waals surface area contributed by atoms with Crippen molar-refractivity contribution >= 4 is 26.0 Å². The Morgan fingerprint density at radius 2 is 2.16 bits per heavy atom. The number of fused-ring (bicyclic) bond motifs is 2. The summed E-state index contributed by atoms with van der Waals surface area (Å²) >= 11 is 3.35. The molecule has 1 aromatic carbocycles. The molecule has 1 aliphatic carbocycles. The fraction of sp³-hybridized carbons (Fsp3) is 0.538. The molecule has 2 unspecified atom stereocenters. The first-order chi connectivity index (χ1) is 9.02. The van der Waals surface area contributed by atoms with E-state index in [-0.39, 0.29) is 6.04 Å². The molecule has 1 aliphatic heterocycles. The number of nitrogens with zero attached hydrogens (tertiary/aromatic N) is 1. The molecule has 1 saturated heterocycles. The van der Waals surface area contributed by atoms with E-state index in [1.807, 2.05) is 6.07 Å². The summed E-state index contributed by atoms with van der Waals surface area (Å²) in [6.45, 7) is 1.02. The molecular formula is C13H17BrN2O2S. The number of hydrogen-bond donors (Lipinski definition) is 1. The van der Waals surface area contributed by atoms with Crippen molar-refractivity contribution in [3.8, 4) is 0 Å². The summed E-state index contributed by atoms with van der Waals surface area (Å²) < 4.78 is 27.8. The van der Waals surface area contributed by atoms with Crippen LogP contribution in [0.1, 0.15) is 24.8 Å². The minimum atomic E-state index is -3.40. The van der Waals surface area contributed by atoms with Crippen LogP contribution in [0.15, 0.2) is 27.6 Å². The van der Waals surface area contributed by atoms with Crippen LogP contribution in [0.25, 0.3) is 0 Å². The van der Waals surface area contributed by atoms with E-state index < -0.39 is 10.0 Å². The molecular weight excluding hydrogens is 328 g/mol. The van der Waals surface area contributed by atoms with Gasteiger partial charge in [-0.1, -0.05) is 6.07 Å². The van der Waals surface area contributed by atoms with Crippen molar-refractivity contribution in [2.45, 2.75) is 36.7 Å². The highest BCUT2D eigenvalue weighted by Crippen LogP contribution is 2.41. The monoisotopic (exact) mass is 344 g/mol. The Morgan fingerprint density at radius 1 is 1.37 bits per heavy atom. The van der Waals surface area contributed by atoms with E-state index in [1.165, 1.54) is 6.42 Å². The van der Waals surface area contributed by atoms with Crippen LogP contribution in [0.5, 0.6) is 0 Å². The Morgan fingerprint density at radius 3 is 2.74 bits per heavy atom. The zero-order valence-corrected chi connectivity index (χ0v) is 13.0. The second-order valence-corrected chi connectivity index (χ2v) is 8.09. The number of rotatable bonds is 3. The molecule has 3 rings (SSSR count). The molecule has 0 radical (unpaired) electrons. The second-order valence-electron chi connectivity index (χ2n) is 5.38. The molecule has 2 atom stereocenters. The minimum absolute atomic E-state index is 0.198. The van der Waals surface area contributed by atoms with E-state index in [0.717, 1.165) is 18.4 Å². The molecule has 2 fully saturated rings. The molecule has 104 valence electrons. The highest BCUT2D eigenvalue weighted by molar-refractivity contribution is 9.10. The number of hydrogen-bond acceptors (Lipinski definition) is 3. The van der Waals surface area contributed by atoms with Gasteiger partial charge in [-0.15, -0.1) is 0 Å². The summed E-state index contributed by atoms with van der Waals surface area (Å²) in [5.41, 5.74) is 6.44. The lowest BCUT2D eigenvalue weighted by molar-refractivity contribution is 0.333. The largest absolute Gasteiger partial charge is 0.326 e.